The number of aliphatic hydroxyl groups is 2. The van der Waals surface area contributed by atoms with E-state index in [0.29, 0.717) is 28.1 Å². The zero-order valence-corrected chi connectivity index (χ0v) is 12.9. The summed E-state index contributed by atoms with van der Waals surface area (Å²) in [4.78, 5) is 0.628. The van der Waals surface area contributed by atoms with Gasteiger partial charge in [-0.05, 0) is 40.5 Å². The summed E-state index contributed by atoms with van der Waals surface area (Å²) in [5, 5.41) is 19.1. The number of halogens is 1. The molecule has 0 amide bonds. The van der Waals surface area contributed by atoms with E-state index in [0.717, 1.165) is 0 Å². The van der Waals surface area contributed by atoms with Crippen LogP contribution in [-0.4, -0.2) is 51.1 Å². The van der Waals surface area contributed by atoms with Crippen molar-refractivity contribution in [1.29, 1.82) is 0 Å². The minimum absolute atomic E-state index is 0.203. The summed E-state index contributed by atoms with van der Waals surface area (Å²) in [5.41, 5.74) is -1.14. The lowest BCUT2D eigenvalue weighted by molar-refractivity contribution is -0.000504. The van der Waals surface area contributed by atoms with Gasteiger partial charge in [-0.3, -0.25) is 0 Å². The summed E-state index contributed by atoms with van der Waals surface area (Å²) in [7, 11) is 0.201. The maximum absolute atomic E-state index is 12.4. The second-order valence-corrected chi connectivity index (χ2v) is 6.85. The van der Waals surface area contributed by atoms with Crippen LogP contribution in [0.4, 0.5) is 0 Å². The predicted octanol–water partition coefficient (Wildman–Crippen LogP) is 0.909. The van der Waals surface area contributed by atoms with Crippen molar-refractivity contribution in [3.63, 3.8) is 0 Å². The van der Waals surface area contributed by atoms with Crippen molar-refractivity contribution in [3.05, 3.63) is 22.7 Å². The van der Waals surface area contributed by atoms with Gasteiger partial charge in [0.05, 0.1) is 18.6 Å². The van der Waals surface area contributed by atoms with E-state index in [1.54, 1.807) is 29.6 Å². The quantitative estimate of drug-likeness (QED) is 0.847. The van der Waals surface area contributed by atoms with Crippen molar-refractivity contribution in [2.24, 2.45) is 0 Å². The van der Waals surface area contributed by atoms with Crippen LogP contribution in [0.1, 0.15) is 6.42 Å². The van der Waals surface area contributed by atoms with Gasteiger partial charge in [-0.2, -0.15) is 0 Å². The van der Waals surface area contributed by atoms with E-state index in [9.17, 15) is 9.32 Å². The molecule has 1 aromatic carbocycles. The van der Waals surface area contributed by atoms with Gasteiger partial charge in [0.2, 0.25) is 0 Å². The number of β-amino-alcohol motifs (C(OH)–C–C–N with tert-alkyl or cyclic N) is 1. The molecule has 5 nitrogen and oxygen atoms in total. The Bertz CT molecular complexity index is 499. The molecular formula is C12H16BrNO4S. The van der Waals surface area contributed by atoms with E-state index >= 15 is 0 Å². The predicted molar refractivity (Wildman–Crippen MR) is 75.3 cm³/mol. The molecule has 2 unspecified atom stereocenters. The van der Waals surface area contributed by atoms with Gasteiger partial charge in [-0.15, -0.1) is 0 Å². The molecular weight excluding hydrogens is 334 g/mol. The molecule has 1 fully saturated rings. The second kappa shape index (κ2) is 5.88. The second-order valence-electron chi connectivity index (χ2n) is 4.54. The monoisotopic (exact) mass is 349 g/mol. The summed E-state index contributed by atoms with van der Waals surface area (Å²) < 4.78 is 19.9. The van der Waals surface area contributed by atoms with Gasteiger partial charge in [0, 0.05) is 17.6 Å². The fraction of sp³-hybridized carbons (Fsp3) is 0.500. The number of rotatable bonds is 4. The maximum Gasteiger partial charge on any atom is 0.128 e. The molecule has 1 aliphatic rings. The molecule has 0 saturated carbocycles. The third kappa shape index (κ3) is 3.17. The molecule has 0 radical (unpaired) electrons. The highest BCUT2D eigenvalue weighted by Gasteiger charge is 2.38. The summed E-state index contributed by atoms with van der Waals surface area (Å²) in [6.07, 6.45) is 0.420. The Labute approximate surface area is 122 Å². The molecule has 0 aliphatic carbocycles. The Balaban J connectivity index is 2.17. The lowest BCUT2D eigenvalue weighted by Crippen LogP contribution is -2.37. The number of methoxy groups -OCH3 is 1. The van der Waals surface area contributed by atoms with E-state index < -0.39 is 16.6 Å². The number of nitrogens with zero attached hydrogens (tertiary/aromatic N) is 1. The van der Waals surface area contributed by atoms with Crippen LogP contribution < -0.4 is 4.74 Å². The zero-order valence-electron chi connectivity index (χ0n) is 10.5. The first-order valence-corrected chi connectivity index (χ1v) is 7.73. The van der Waals surface area contributed by atoms with Gasteiger partial charge >= 0.3 is 0 Å². The van der Waals surface area contributed by atoms with Crippen molar-refractivity contribution >= 4 is 26.9 Å². The maximum atomic E-state index is 12.4. The number of hydrogen-bond acceptors (Lipinski definition) is 4. The number of benzene rings is 1. The van der Waals surface area contributed by atoms with Crippen LogP contribution in [0.2, 0.25) is 0 Å². The molecule has 19 heavy (non-hydrogen) atoms. The van der Waals surface area contributed by atoms with Crippen LogP contribution in [0.25, 0.3) is 0 Å². The molecule has 1 aromatic rings. The van der Waals surface area contributed by atoms with Crippen molar-refractivity contribution in [2.45, 2.75) is 16.9 Å². The first-order valence-electron chi connectivity index (χ1n) is 5.83. The minimum Gasteiger partial charge on any atom is -0.497 e. The van der Waals surface area contributed by atoms with Gasteiger partial charge < -0.3 is 14.9 Å². The van der Waals surface area contributed by atoms with Crippen LogP contribution in [0.15, 0.2) is 27.6 Å². The third-order valence-corrected chi connectivity index (χ3v) is 5.58. The molecule has 2 rings (SSSR count). The molecule has 1 saturated heterocycles. The van der Waals surface area contributed by atoms with Crippen molar-refractivity contribution in [2.75, 3.05) is 26.8 Å². The SMILES string of the molecule is COc1ccc(S(=O)N2CCC(O)(CO)C2)c(Br)c1. The fourth-order valence-corrected chi connectivity index (χ4v) is 4.06. The van der Waals surface area contributed by atoms with Crippen molar-refractivity contribution in [3.8, 4) is 5.75 Å². The minimum atomic E-state index is -1.37. The molecule has 1 aliphatic heterocycles. The van der Waals surface area contributed by atoms with E-state index in [-0.39, 0.29) is 13.2 Å². The van der Waals surface area contributed by atoms with Gasteiger partial charge in [0.15, 0.2) is 0 Å². The van der Waals surface area contributed by atoms with E-state index in [2.05, 4.69) is 15.9 Å². The lowest BCUT2D eigenvalue weighted by Gasteiger charge is -2.20. The number of ether oxygens (including phenoxy) is 1. The Morgan fingerprint density at radius 1 is 1.58 bits per heavy atom. The van der Waals surface area contributed by atoms with Crippen LogP contribution in [-0.2, 0) is 11.0 Å². The molecule has 2 N–H and O–H groups in total. The van der Waals surface area contributed by atoms with E-state index in [1.165, 1.54) is 0 Å². The van der Waals surface area contributed by atoms with Crippen LogP contribution in [0.5, 0.6) is 5.75 Å². The van der Waals surface area contributed by atoms with Crippen molar-refractivity contribution in [1.82, 2.24) is 4.31 Å². The molecule has 1 heterocycles. The largest absolute Gasteiger partial charge is 0.497 e. The van der Waals surface area contributed by atoms with Crippen LogP contribution >= 0.6 is 15.9 Å². The molecule has 0 spiro atoms. The normalized spacial score (nSPS) is 25.5. The Hall–Kier alpha value is -0.470. The smallest absolute Gasteiger partial charge is 0.128 e. The topological polar surface area (TPSA) is 70.0 Å². The zero-order chi connectivity index (χ0) is 14.0. The highest BCUT2D eigenvalue weighted by atomic mass is 79.9. The summed E-state index contributed by atoms with van der Waals surface area (Å²) >= 11 is 3.37. The first-order chi connectivity index (χ1) is 8.99. The Morgan fingerprint density at radius 3 is 2.84 bits per heavy atom. The molecule has 2 atom stereocenters. The lowest BCUT2D eigenvalue weighted by atomic mass is 10.1. The van der Waals surface area contributed by atoms with Gasteiger partial charge in [-0.1, -0.05) is 0 Å². The summed E-state index contributed by atoms with van der Waals surface area (Å²) in [5.74, 6) is 0.681. The molecule has 106 valence electrons. The van der Waals surface area contributed by atoms with Gasteiger partial charge in [0.1, 0.15) is 22.3 Å². The van der Waals surface area contributed by atoms with E-state index in [1.807, 2.05) is 0 Å². The number of aliphatic hydroxyl groups excluding tert-OH is 1. The Morgan fingerprint density at radius 2 is 2.32 bits per heavy atom. The first kappa shape index (κ1) is 14.9. The fourth-order valence-electron chi connectivity index (χ4n) is 1.98. The summed E-state index contributed by atoms with van der Waals surface area (Å²) in [6.45, 7) is 0.376. The highest BCUT2D eigenvalue weighted by molar-refractivity contribution is 9.10. The highest BCUT2D eigenvalue weighted by Crippen LogP contribution is 2.30. The summed E-state index contributed by atoms with van der Waals surface area (Å²) in [6, 6.07) is 5.23. The van der Waals surface area contributed by atoms with Crippen molar-refractivity contribution < 1.29 is 19.2 Å². The third-order valence-electron chi connectivity index (χ3n) is 3.15. The average molecular weight is 350 g/mol. The van der Waals surface area contributed by atoms with E-state index in [4.69, 9.17) is 9.84 Å². The molecule has 0 bridgehead atoms. The Kier molecular flexibility index (Phi) is 4.62. The average Bonchev–Trinajstić information content (AvgIpc) is 2.81. The standard InChI is InChI=1S/C12H16BrNO4S/c1-18-9-2-3-11(10(13)6-9)19(17)14-5-4-12(16,7-14)8-15/h2-3,6,15-16H,4-5,7-8H2,1H3. The molecule has 7 heteroatoms. The van der Waals surface area contributed by atoms with Gasteiger partial charge in [-0.25, -0.2) is 8.51 Å². The van der Waals surface area contributed by atoms with Crippen LogP contribution in [0, 0.1) is 0 Å². The number of hydrogen-bond donors (Lipinski definition) is 2. The molecule has 0 aromatic heterocycles. The van der Waals surface area contributed by atoms with Gasteiger partial charge in [0.25, 0.3) is 0 Å². The van der Waals surface area contributed by atoms with Crippen LogP contribution in [0.3, 0.4) is 0 Å².